The van der Waals surface area contributed by atoms with Gasteiger partial charge in [0.2, 0.25) is 0 Å². The van der Waals surface area contributed by atoms with Gasteiger partial charge < -0.3 is 5.32 Å². The lowest BCUT2D eigenvalue weighted by Gasteiger charge is -2.33. The van der Waals surface area contributed by atoms with Gasteiger partial charge in [-0.15, -0.1) is 0 Å². The summed E-state index contributed by atoms with van der Waals surface area (Å²) in [6.07, 6.45) is 0.450. The summed E-state index contributed by atoms with van der Waals surface area (Å²) in [5, 5.41) is 2.40. The minimum absolute atomic E-state index is 0.450. The third-order valence-electron chi connectivity index (χ3n) is 3.82. The summed E-state index contributed by atoms with van der Waals surface area (Å²) in [6, 6.07) is 10.8. The average molecular weight is 233 g/mol. The predicted molar refractivity (Wildman–Crippen MR) is 67.3 cm³/mol. The van der Waals surface area contributed by atoms with Gasteiger partial charge in [0.25, 0.3) is 0 Å². The second-order valence-electron chi connectivity index (χ2n) is 4.89. The molecule has 0 spiro atoms. The first-order valence-electron chi connectivity index (χ1n) is 6.54. The molecule has 0 aromatic heterocycles. The van der Waals surface area contributed by atoms with Crippen LogP contribution in [0.2, 0.25) is 0 Å². The molecule has 4 N–H and O–H groups in total. The number of rotatable bonds is 2. The van der Waals surface area contributed by atoms with E-state index in [0.717, 1.165) is 6.54 Å². The highest BCUT2D eigenvalue weighted by Gasteiger charge is 2.33. The van der Waals surface area contributed by atoms with Crippen molar-refractivity contribution >= 4 is 0 Å². The van der Waals surface area contributed by atoms with Gasteiger partial charge in [0, 0.05) is 25.6 Å². The van der Waals surface area contributed by atoms with Crippen LogP contribution < -0.4 is 16.2 Å². The maximum Gasteiger partial charge on any atom is 0.0885 e. The van der Waals surface area contributed by atoms with Gasteiger partial charge in [0.15, 0.2) is 0 Å². The molecular weight excluding hydrogens is 212 g/mol. The van der Waals surface area contributed by atoms with Gasteiger partial charge in [-0.25, -0.2) is 5.43 Å². The summed E-state index contributed by atoms with van der Waals surface area (Å²) in [5.74, 6) is 0.564. The molecular formula is C13H21N4+. The van der Waals surface area contributed by atoms with Crippen molar-refractivity contribution in [3.8, 4) is 0 Å². The molecule has 4 heteroatoms. The Morgan fingerprint density at radius 1 is 1.12 bits per heavy atom. The van der Waals surface area contributed by atoms with E-state index in [4.69, 9.17) is 0 Å². The summed E-state index contributed by atoms with van der Waals surface area (Å²) in [5.41, 5.74) is 8.19. The van der Waals surface area contributed by atoms with Crippen molar-refractivity contribution in [3.63, 3.8) is 0 Å². The summed E-state index contributed by atoms with van der Waals surface area (Å²) in [4.78, 5) is 2.57. The van der Waals surface area contributed by atoms with E-state index in [9.17, 15) is 0 Å². The van der Waals surface area contributed by atoms with Crippen molar-refractivity contribution in [2.24, 2.45) is 0 Å². The monoisotopic (exact) mass is 233 g/mol. The van der Waals surface area contributed by atoms with Crippen molar-refractivity contribution in [1.29, 1.82) is 0 Å². The third-order valence-corrected chi connectivity index (χ3v) is 3.82. The van der Waals surface area contributed by atoms with Crippen LogP contribution in [0.4, 0.5) is 0 Å². The SMILES string of the molecule is c1ccc(C2CNNC2N2CC[NH2+]CC2)cc1. The van der Waals surface area contributed by atoms with Crippen molar-refractivity contribution < 1.29 is 5.32 Å². The molecule has 0 bridgehead atoms. The number of benzene rings is 1. The van der Waals surface area contributed by atoms with Gasteiger partial charge >= 0.3 is 0 Å². The van der Waals surface area contributed by atoms with Crippen LogP contribution >= 0.6 is 0 Å². The number of piperazine rings is 1. The lowest BCUT2D eigenvalue weighted by atomic mass is 9.96. The van der Waals surface area contributed by atoms with Crippen LogP contribution in [0.15, 0.2) is 30.3 Å². The van der Waals surface area contributed by atoms with Crippen LogP contribution in [0.25, 0.3) is 0 Å². The lowest BCUT2D eigenvalue weighted by Crippen LogP contribution is -2.90. The van der Waals surface area contributed by atoms with Crippen molar-refractivity contribution in [2.75, 3.05) is 32.7 Å². The van der Waals surface area contributed by atoms with Crippen LogP contribution in [0.1, 0.15) is 11.5 Å². The lowest BCUT2D eigenvalue weighted by molar-refractivity contribution is -0.663. The van der Waals surface area contributed by atoms with E-state index in [-0.39, 0.29) is 0 Å². The Morgan fingerprint density at radius 2 is 1.88 bits per heavy atom. The molecule has 92 valence electrons. The van der Waals surface area contributed by atoms with E-state index >= 15 is 0 Å². The smallest absolute Gasteiger partial charge is 0.0885 e. The summed E-state index contributed by atoms with van der Waals surface area (Å²) >= 11 is 0. The number of nitrogens with one attached hydrogen (secondary N) is 2. The Bertz CT molecular complexity index is 348. The Kier molecular flexibility index (Phi) is 3.38. The van der Waals surface area contributed by atoms with Crippen LogP contribution in [-0.4, -0.2) is 43.8 Å². The second-order valence-corrected chi connectivity index (χ2v) is 4.89. The number of nitrogens with two attached hydrogens (primary N) is 1. The van der Waals surface area contributed by atoms with E-state index in [1.54, 1.807) is 0 Å². The van der Waals surface area contributed by atoms with Crippen LogP contribution in [0.5, 0.6) is 0 Å². The minimum Gasteiger partial charge on any atom is -0.344 e. The maximum absolute atomic E-state index is 3.44. The normalized spacial score (nSPS) is 30.6. The number of quaternary nitrogens is 1. The fourth-order valence-electron chi connectivity index (χ4n) is 2.88. The Labute approximate surface area is 102 Å². The first-order chi connectivity index (χ1) is 8.45. The molecule has 0 radical (unpaired) electrons. The van der Waals surface area contributed by atoms with Gasteiger partial charge in [0.05, 0.1) is 19.3 Å². The molecule has 2 aliphatic heterocycles. The highest BCUT2D eigenvalue weighted by atomic mass is 15.5. The van der Waals surface area contributed by atoms with Crippen molar-refractivity contribution in [1.82, 2.24) is 15.8 Å². The van der Waals surface area contributed by atoms with Crippen LogP contribution in [0.3, 0.4) is 0 Å². The van der Waals surface area contributed by atoms with Gasteiger partial charge in [-0.05, 0) is 5.56 Å². The van der Waals surface area contributed by atoms with E-state index in [2.05, 4.69) is 51.4 Å². The molecule has 0 saturated carbocycles. The molecule has 1 aromatic carbocycles. The molecule has 1 aromatic rings. The van der Waals surface area contributed by atoms with Gasteiger partial charge in [-0.2, -0.15) is 0 Å². The second kappa shape index (κ2) is 5.14. The zero-order chi connectivity index (χ0) is 11.5. The zero-order valence-electron chi connectivity index (χ0n) is 10.1. The largest absolute Gasteiger partial charge is 0.344 e. The minimum atomic E-state index is 0.450. The molecule has 2 unspecified atom stereocenters. The van der Waals surface area contributed by atoms with E-state index in [1.165, 1.54) is 31.7 Å². The van der Waals surface area contributed by atoms with E-state index in [0.29, 0.717) is 12.1 Å². The standard InChI is InChI=1S/C13H20N4/c1-2-4-11(5-3-1)12-10-15-16-13(12)17-8-6-14-7-9-17/h1-5,12-16H,6-10H2/p+1. The van der Waals surface area contributed by atoms with Gasteiger partial charge in [0.1, 0.15) is 0 Å². The molecule has 2 saturated heterocycles. The molecule has 3 rings (SSSR count). The van der Waals surface area contributed by atoms with Crippen LogP contribution in [0, 0.1) is 0 Å². The Morgan fingerprint density at radius 3 is 2.65 bits per heavy atom. The van der Waals surface area contributed by atoms with Gasteiger partial charge in [-0.1, -0.05) is 30.3 Å². The topological polar surface area (TPSA) is 43.9 Å². The molecule has 2 atom stereocenters. The molecule has 2 aliphatic rings. The Hall–Kier alpha value is -0.940. The number of hydrazine groups is 1. The average Bonchev–Trinajstić information content (AvgIpc) is 2.90. The maximum atomic E-state index is 3.44. The van der Waals surface area contributed by atoms with Gasteiger partial charge in [-0.3, -0.25) is 10.3 Å². The first-order valence-corrected chi connectivity index (χ1v) is 6.54. The molecule has 2 heterocycles. The molecule has 2 fully saturated rings. The highest BCUT2D eigenvalue weighted by Crippen LogP contribution is 2.24. The van der Waals surface area contributed by atoms with E-state index < -0.39 is 0 Å². The fourth-order valence-corrected chi connectivity index (χ4v) is 2.88. The number of nitrogens with zero attached hydrogens (tertiary/aromatic N) is 1. The first kappa shape index (κ1) is 11.2. The quantitative estimate of drug-likeness (QED) is 0.619. The highest BCUT2D eigenvalue weighted by molar-refractivity contribution is 5.22. The number of hydrogen-bond acceptors (Lipinski definition) is 3. The predicted octanol–water partition coefficient (Wildman–Crippen LogP) is -0.917. The summed E-state index contributed by atoms with van der Waals surface area (Å²) in [6.45, 7) is 5.83. The fraction of sp³-hybridized carbons (Fsp3) is 0.538. The summed E-state index contributed by atoms with van der Waals surface area (Å²) < 4.78 is 0. The molecule has 0 aliphatic carbocycles. The molecule has 17 heavy (non-hydrogen) atoms. The van der Waals surface area contributed by atoms with Crippen LogP contribution in [-0.2, 0) is 0 Å². The van der Waals surface area contributed by atoms with Crippen molar-refractivity contribution in [3.05, 3.63) is 35.9 Å². The zero-order valence-corrected chi connectivity index (χ0v) is 10.1. The number of hydrogen-bond donors (Lipinski definition) is 3. The molecule has 0 amide bonds. The molecule has 4 nitrogen and oxygen atoms in total. The third kappa shape index (κ3) is 2.35. The van der Waals surface area contributed by atoms with Crippen molar-refractivity contribution in [2.45, 2.75) is 12.1 Å². The Balaban J connectivity index is 1.75. The summed E-state index contributed by atoms with van der Waals surface area (Å²) in [7, 11) is 0. The van der Waals surface area contributed by atoms with E-state index in [1.807, 2.05) is 0 Å².